The Morgan fingerprint density at radius 3 is 2.62 bits per heavy atom. The van der Waals surface area contributed by atoms with Gasteiger partial charge in [-0.25, -0.2) is 4.98 Å². The van der Waals surface area contributed by atoms with Crippen molar-refractivity contribution in [3.8, 4) is 0 Å². The van der Waals surface area contributed by atoms with E-state index in [2.05, 4.69) is 15.3 Å². The van der Waals surface area contributed by atoms with E-state index in [-0.39, 0.29) is 11.7 Å². The summed E-state index contributed by atoms with van der Waals surface area (Å²) in [6, 6.07) is 20.5. The molecule has 4 aromatic rings. The number of hydrogen-bond acceptors (Lipinski definition) is 4. The second kappa shape index (κ2) is 6.25. The maximum atomic E-state index is 12.2. The third-order valence-corrected chi connectivity index (χ3v) is 4.21. The number of aromatic nitrogens is 2. The van der Waals surface area contributed by atoms with Crippen LogP contribution in [0.25, 0.3) is 11.0 Å². The van der Waals surface area contributed by atoms with Gasteiger partial charge in [0.05, 0.1) is 11.0 Å². The van der Waals surface area contributed by atoms with Gasteiger partial charge in [0, 0.05) is 5.69 Å². The third kappa shape index (κ3) is 3.04. The van der Waals surface area contributed by atoms with Gasteiger partial charge in [0.25, 0.3) is 5.91 Å². The summed E-state index contributed by atoms with van der Waals surface area (Å²) in [5, 5.41) is 4.12. The maximum absolute atomic E-state index is 12.2. The topological polar surface area (TPSA) is 70.9 Å². The standard InChI is InChI=1S/C18H13N3O2S/c22-17(19-12-6-2-1-3-7-12)15-10-11-16(23-15)24-18-20-13-8-4-5-9-14(13)21-18/h1-11H,(H,19,22)(H,20,21). The van der Waals surface area contributed by atoms with Crippen molar-refractivity contribution in [2.24, 2.45) is 0 Å². The molecule has 0 radical (unpaired) electrons. The first kappa shape index (κ1) is 14.6. The monoisotopic (exact) mass is 335 g/mol. The zero-order valence-corrected chi connectivity index (χ0v) is 13.3. The Morgan fingerprint density at radius 2 is 1.79 bits per heavy atom. The molecule has 4 rings (SSSR count). The number of amides is 1. The molecule has 0 unspecified atom stereocenters. The van der Waals surface area contributed by atoms with Crippen molar-refractivity contribution in [3.05, 3.63) is 72.5 Å². The van der Waals surface area contributed by atoms with Crippen molar-refractivity contribution in [2.45, 2.75) is 10.2 Å². The van der Waals surface area contributed by atoms with Crippen LogP contribution in [-0.4, -0.2) is 15.9 Å². The largest absolute Gasteiger partial charge is 0.444 e. The second-order valence-electron chi connectivity index (χ2n) is 5.10. The van der Waals surface area contributed by atoms with Crippen LogP contribution in [0.15, 0.2) is 81.4 Å². The van der Waals surface area contributed by atoms with Gasteiger partial charge >= 0.3 is 0 Å². The number of anilines is 1. The zero-order valence-electron chi connectivity index (χ0n) is 12.5. The number of nitrogens with one attached hydrogen (secondary N) is 2. The number of furan rings is 1. The van der Waals surface area contributed by atoms with E-state index in [4.69, 9.17) is 4.42 Å². The minimum absolute atomic E-state index is 0.262. The van der Waals surface area contributed by atoms with Crippen molar-refractivity contribution < 1.29 is 9.21 Å². The van der Waals surface area contributed by atoms with Gasteiger partial charge in [-0.1, -0.05) is 30.3 Å². The summed E-state index contributed by atoms with van der Waals surface area (Å²) in [5.41, 5.74) is 2.59. The van der Waals surface area contributed by atoms with Crippen LogP contribution in [0.3, 0.4) is 0 Å². The van der Waals surface area contributed by atoms with Gasteiger partial charge in [-0.15, -0.1) is 0 Å². The number of carbonyl (C=O) groups excluding carboxylic acids is 1. The number of fused-ring (bicyclic) bond motifs is 1. The average Bonchev–Trinajstić information content (AvgIpc) is 3.22. The van der Waals surface area contributed by atoms with Gasteiger partial charge in [0.1, 0.15) is 0 Å². The number of H-pyrrole nitrogens is 1. The van der Waals surface area contributed by atoms with E-state index in [1.807, 2.05) is 54.6 Å². The molecule has 118 valence electrons. The molecular formula is C18H13N3O2S. The van der Waals surface area contributed by atoms with Gasteiger partial charge in [-0.2, -0.15) is 0 Å². The summed E-state index contributed by atoms with van der Waals surface area (Å²) >= 11 is 1.34. The van der Waals surface area contributed by atoms with Crippen LogP contribution in [0.5, 0.6) is 0 Å². The van der Waals surface area contributed by atoms with E-state index in [1.54, 1.807) is 12.1 Å². The molecule has 2 heterocycles. The van der Waals surface area contributed by atoms with Crippen molar-refractivity contribution in [1.29, 1.82) is 0 Å². The first-order chi connectivity index (χ1) is 11.8. The number of nitrogens with zero attached hydrogens (tertiary/aromatic N) is 1. The molecule has 24 heavy (non-hydrogen) atoms. The molecule has 0 aliphatic heterocycles. The highest BCUT2D eigenvalue weighted by Crippen LogP contribution is 2.29. The molecule has 2 aromatic heterocycles. The Bertz CT molecular complexity index is 959. The molecule has 6 heteroatoms. The fourth-order valence-electron chi connectivity index (χ4n) is 2.28. The van der Waals surface area contributed by atoms with Gasteiger partial charge in [-0.05, 0) is 48.2 Å². The Labute approximate surface area is 142 Å². The van der Waals surface area contributed by atoms with E-state index in [9.17, 15) is 4.79 Å². The Balaban J connectivity index is 1.49. The lowest BCUT2D eigenvalue weighted by molar-refractivity contribution is 0.0992. The minimum atomic E-state index is -0.280. The number of rotatable bonds is 4. The van der Waals surface area contributed by atoms with Crippen molar-refractivity contribution in [2.75, 3.05) is 5.32 Å². The summed E-state index contributed by atoms with van der Waals surface area (Å²) in [5.74, 6) is -0.0184. The zero-order chi connectivity index (χ0) is 16.4. The van der Waals surface area contributed by atoms with Crippen LogP contribution < -0.4 is 5.32 Å². The van der Waals surface area contributed by atoms with E-state index >= 15 is 0 Å². The highest BCUT2D eigenvalue weighted by Gasteiger charge is 2.13. The SMILES string of the molecule is O=C(Nc1ccccc1)c1ccc(Sc2nc3ccccc3[nH]2)o1. The van der Waals surface area contributed by atoms with E-state index < -0.39 is 0 Å². The lowest BCUT2D eigenvalue weighted by Gasteiger charge is -2.01. The first-order valence-electron chi connectivity index (χ1n) is 7.37. The van der Waals surface area contributed by atoms with Crippen LogP contribution in [-0.2, 0) is 0 Å². The molecule has 0 saturated heterocycles. The van der Waals surface area contributed by atoms with Crippen molar-refractivity contribution in [1.82, 2.24) is 9.97 Å². The van der Waals surface area contributed by atoms with Crippen molar-refractivity contribution in [3.63, 3.8) is 0 Å². The molecule has 0 spiro atoms. The van der Waals surface area contributed by atoms with E-state index in [1.165, 1.54) is 11.8 Å². The van der Waals surface area contributed by atoms with Gasteiger partial charge in [0.2, 0.25) is 0 Å². The summed E-state index contributed by atoms with van der Waals surface area (Å²) in [6.45, 7) is 0. The molecule has 0 bridgehead atoms. The highest BCUT2D eigenvalue weighted by atomic mass is 32.2. The number of hydrogen-bond donors (Lipinski definition) is 2. The molecule has 0 aliphatic carbocycles. The predicted molar refractivity (Wildman–Crippen MR) is 93.3 cm³/mol. The summed E-state index contributed by atoms with van der Waals surface area (Å²) < 4.78 is 5.61. The quantitative estimate of drug-likeness (QED) is 0.573. The average molecular weight is 335 g/mol. The fraction of sp³-hybridized carbons (Fsp3) is 0. The first-order valence-corrected chi connectivity index (χ1v) is 8.18. The molecule has 0 aliphatic rings. The normalized spacial score (nSPS) is 10.8. The molecule has 2 aromatic carbocycles. The molecule has 1 amide bonds. The number of para-hydroxylation sites is 3. The van der Waals surface area contributed by atoms with Crippen LogP contribution in [0.1, 0.15) is 10.6 Å². The lowest BCUT2D eigenvalue weighted by Crippen LogP contribution is -2.10. The maximum Gasteiger partial charge on any atom is 0.291 e. The van der Waals surface area contributed by atoms with Crippen LogP contribution in [0.4, 0.5) is 5.69 Å². The predicted octanol–water partition coefficient (Wildman–Crippen LogP) is 4.56. The van der Waals surface area contributed by atoms with E-state index in [0.717, 1.165) is 21.9 Å². The number of benzene rings is 2. The molecule has 0 fully saturated rings. The fourth-order valence-corrected chi connectivity index (χ4v) is 3.05. The molecular weight excluding hydrogens is 322 g/mol. The Kier molecular flexibility index (Phi) is 3.80. The van der Waals surface area contributed by atoms with E-state index in [0.29, 0.717) is 5.09 Å². The second-order valence-corrected chi connectivity index (χ2v) is 6.09. The van der Waals surface area contributed by atoms with Crippen molar-refractivity contribution >= 4 is 34.4 Å². The number of aromatic amines is 1. The number of imidazole rings is 1. The van der Waals surface area contributed by atoms with Gasteiger partial charge in [0.15, 0.2) is 16.0 Å². The third-order valence-electron chi connectivity index (χ3n) is 3.40. The van der Waals surface area contributed by atoms with Crippen LogP contribution in [0.2, 0.25) is 0 Å². The summed E-state index contributed by atoms with van der Waals surface area (Å²) in [7, 11) is 0. The molecule has 5 nitrogen and oxygen atoms in total. The highest BCUT2D eigenvalue weighted by molar-refractivity contribution is 7.99. The van der Waals surface area contributed by atoms with Gasteiger partial charge < -0.3 is 14.7 Å². The molecule has 2 N–H and O–H groups in total. The van der Waals surface area contributed by atoms with Gasteiger partial charge in [-0.3, -0.25) is 4.79 Å². The van der Waals surface area contributed by atoms with Crippen LogP contribution in [0, 0.1) is 0 Å². The molecule has 0 saturated carbocycles. The smallest absolute Gasteiger partial charge is 0.291 e. The minimum Gasteiger partial charge on any atom is -0.444 e. The molecule has 0 atom stereocenters. The van der Waals surface area contributed by atoms with Crippen LogP contribution >= 0.6 is 11.8 Å². The summed E-state index contributed by atoms with van der Waals surface area (Å²) in [6.07, 6.45) is 0. The summed E-state index contributed by atoms with van der Waals surface area (Å²) in [4.78, 5) is 19.9. The Hall–Kier alpha value is -2.99. The number of carbonyl (C=O) groups is 1. The Morgan fingerprint density at radius 1 is 1.00 bits per heavy atom. The lowest BCUT2D eigenvalue weighted by atomic mass is 10.3.